The number of halogens is 1. The number of nitrogens with zero attached hydrogens (tertiary/aromatic N) is 3. The zero-order chi connectivity index (χ0) is 20.3. The third-order valence-corrected chi connectivity index (χ3v) is 5.72. The number of hydrogen-bond acceptors (Lipinski definition) is 3. The molecule has 1 saturated heterocycles. The highest BCUT2D eigenvalue weighted by atomic mass is 19.1. The predicted molar refractivity (Wildman–Crippen MR) is 102 cm³/mol. The number of carbonyl (C=O) groups excluding carboxylic acids is 2. The first-order chi connectivity index (χ1) is 11.8. The Hall–Kier alpha value is -1.61. The third-order valence-electron chi connectivity index (χ3n) is 5.72. The van der Waals surface area contributed by atoms with Crippen LogP contribution in [0.5, 0.6) is 0 Å². The molecule has 0 aromatic carbocycles. The summed E-state index contributed by atoms with van der Waals surface area (Å²) in [6, 6.07) is -0.0334. The molecule has 0 unspecified atom stereocenters. The van der Waals surface area contributed by atoms with Crippen molar-refractivity contribution in [3.8, 4) is 11.8 Å². The molecule has 0 radical (unpaired) electrons. The highest BCUT2D eigenvalue weighted by Gasteiger charge is 2.45. The quantitative estimate of drug-likeness (QED) is 0.715. The summed E-state index contributed by atoms with van der Waals surface area (Å²) >= 11 is 0. The van der Waals surface area contributed by atoms with Crippen molar-refractivity contribution in [2.24, 2.45) is 5.92 Å². The summed E-state index contributed by atoms with van der Waals surface area (Å²) in [5.41, 5.74) is -2.31. The van der Waals surface area contributed by atoms with Crippen molar-refractivity contribution in [1.29, 1.82) is 0 Å². The van der Waals surface area contributed by atoms with Crippen LogP contribution in [0.25, 0.3) is 0 Å². The summed E-state index contributed by atoms with van der Waals surface area (Å²) in [5, 5.41) is 0. The lowest BCUT2D eigenvalue weighted by Gasteiger charge is -2.39. The van der Waals surface area contributed by atoms with Gasteiger partial charge in [0.2, 0.25) is 0 Å². The second-order valence-electron chi connectivity index (χ2n) is 8.36. The van der Waals surface area contributed by atoms with E-state index in [4.69, 9.17) is 0 Å². The normalized spacial score (nSPS) is 18.3. The zero-order valence-electron chi connectivity index (χ0n) is 17.5. The van der Waals surface area contributed by atoms with Crippen molar-refractivity contribution < 1.29 is 14.0 Å². The number of likely N-dealkylation sites (tertiary alicyclic amines) is 1. The molecule has 0 aromatic rings. The van der Waals surface area contributed by atoms with Crippen LogP contribution in [0.15, 0.2) is 0 Å². The molecule has 5 nitrogen and oxygen atoms in total. The molecule has 0 saturated carbocycles. The smallest absolute Gasteiger partial charge is 0.298 e. The number of alkyl halides is 1. The van der Waals surface area contributed by atoms with E-state index in [9.17, 15) is 9.59 Å². The Morgan fingerprint density at radius 1 is 1.12 bits per heavy atom. The van der Waals surface area contributed by atoms with Gasteiger partial charge in [-0.3, -0.25) is 14.5 Å². The number of piperidine rings is 1. The van der Waals surface area contributed by atoms with Gasteiger partial charge in [0.1, 0.15) is 0 Å². The Balaban J connectivity index is 2.73. The number of rotatable bonds is 4. The van der Waals surface area contributed by atoms with Crippen molar-refractivity contribution in [3.05, 3.63) is 0 Å². The van der Waals surface area contributed by atoms with Gasteiger partial charge < -0.3 is 9.80 Å². The monoisotopic (exact) mass is 367 g/mol. The van der Waals surface area contributed by atoms with E-state index in [1.807, 2.05) is 53.6 Å². The molecule has 2 amide bonds. The van der Waals surface area contributed by atoms with E-state index in [0.717, 1.165) is 0 Å². The average molecular weight is 368 g/mol. The van der Waals surface area contributed by atoms with Crippen LogP contribution in [0.1, 0.15) is 47.5 Å². The van der Waals surface area contributed by atoms with E-state index in [2.05, 4.69) is 11.8 Å². The van der Waals surface area contributed by atoms with Crippen molar-refractivity contribution in [2.45, 2.75) is 64.7 Å². The van der Waals surface area contributed by atoms with Crippen molar-refractivity contribution in [2.75, 3.05) is 34.2 Å². The van der Waals surface area contributed by atoms with E-state index < -0.39 is 17.1 Å². The Morgan fingerprint density at radius 2 is 1.62 bits per heavy atom. The predicted octanol–water partition coefficient (Wildman–Crippen LogP) is 2.16. The average Bonchev–Trinajstić information content (AvgIpc) is 2.58. The molecule has 6 heteroatoms. The van der Waals surface area contributed by atoms with Crippen LogP contribution >= 0.6 is 0 Å². The Labute approximate surface area is 157 Å². The maximum Gasteiger partial charge on any atom is 0.298 e. The van der Waals surface area contributed by atoms with E-state index in [0.29, 0.717) is 0 Å². The summed E-state index contributed by atoms with van der Waals surface area (Å²) in [4.78, 5) is 29.9. The van der Waals surface area contributed by atoms with Crippen molar-refractivity contribution in [1.82, 2.24) is 14.7 Å². The maximum atomic E-state index is 15.2. The number of amides is 2. The van der Waals surface area contributed by atoms with Gasteiger partial charge in [0.05, 0.1) is 5.54 Å². The molecule has 0 aromatic heterocycles. The summed E-state index contributed by atoms with van der Waals surface area (Å²) < 4.78 is 15.2. The van der Waals surface area contributed by atoms with Gasteiger partial charge in [-0.1, -0.05) is 19.8 Å². The van der Waals surface area contributed by atoms with Crippen LogP contribution in [0.4, 0.5) is 4.39 Å². The van der Waals surface area contributed by atoms with Gasteiger partial charge in [-0.15, -0.1) is 0 Å². The summed E-state index contributed by atoms with van der Waals surface area (Å²) in [6.07, 6.45) is 0.0387. The van der Waals surface area contributed by atoms with E-state index >= 15 is 4.39 Å². The van der Waals surface area contributed by atoms with Crippen LogP contribution in [0.3, 0.4) is 0 Å². The topological polar surface area (TPSA) is 43.9 Å². The summed E-state index contributed by atoms with van der Waals surface area (Å²) in [6.45, 7) is 10.2. The highest BCUT2D eigenvalue weighted by molar-refractivity contribution is 5.94. The minimum Gasteiger partial charge on any atom is -0.340 e. The van der Waals surface area contributed by atoms with Crippen LogP contribution < -0.4 is 0 Å². The van der Waals surface area contributed by atoms with Crippen LogP contribution in [0, 0.1) is 17.8 Å². The molecular formula is C20H34FN3O2. The maximum absolute atomic E-state index is 15.2. The summed E-state index contributed by atoms with van der Waals surface area (Å²) in [7, 11) is 5.45. The molecule has 0 N–H and O–H groups in total. The Kier molecular flexibility index (Phi) is 7.24. The standard InChI is InChI=1S/C20H34FN3O2/c1-15(2)16(3)23(8)18(26)20(21)11-13-24(14-12-20)17(25)9-10-19(4,5)22(6)7/h15-16H,11-14H2,1-8H3/t16-/m1/s1. The molecule has 0 spiro atoms. The molecule has 1 heterocycles. The van der Waals surface area contributed by atoms with E-state index in [-0.39, 0.29) is 43.8 Å². The number of hydrogen-bond donors (Lipinski definition) is 0. The van der Waals surface area contributed by atoms with Crippen LogP contribution in [-0.4, -0.2) is 78.0 Å². The number of carbonyl (C=O) groups is 2. The van der Waals surface area contributed by atoms with E-state index in [1.165, 1.54) is 9.80 Å². The summed E-state index contributed by atoms with van der Waals surface area (Å²) in [5.74, 6) is 5.09. The fourth-order valence-electron chi connectivity index (χ4n) is 2.62. The third kappa shape index (κ3) is 5.20. The minimum atomic E-state index is -1.90. The molecule has 0 aliphatic carbocycles. The molecule has 1 fully saturated rings. The second-order valence-corrected chi connectivity index (χ2v) is 8.36. The molecule has 1 atom stereocenters. The Bertz CT molecular complexity index is 582. The SMILES string of the molecule is CC(C)[C@@H](C)N(C)C(=O)C1(F)CCN(C(=O)C#CC(C)(C)N(C)C)CC1. The molecule has 26 heavy (non-hydrogen) atoms. The van der Waals surface area contributed by atoms with Gasteiger partial charge in [0, 0.05) is 39.0 Å². The van der Waals surface area contributed by atoms with Gasteiger partial charge >= 0.3 is 0 Å². The van der Waals surface area contributed by atoms with Gasteiger partial charge in [0.15, 0.2) is 5.67 Å². The first-order valence-corrected chi connectivity index (χ1v) is 9.27. The van der Waals surface area contributed by atoms with E-state index in [1.54, 1.807) is 7.05 Å². The van der Waals surface area contributed by atoms with Gasteiger partial charge in [0.25, 0.3) is 11.8 Å². The Morgan fingerprint density at radius 3 is 2.04 bits per heavy atom. The molecular weight excluding hydrogens is 333 g/mol. The van der Waals surface area contributed by atoms with Crippen LogP contribution in [-0.2, 0) is 9.59 Å². The van der Waals surface area contributed by atoms with Crippen molar-refractivity contribution >= 4 is 11.8 Å². The van der Waals surface area contributed by atoms with Gasteiger partial charge in [-0.2, -0.15) is 0 Å². The van der Waals surface area contributed by atoms with Gasteiger partial charge in [-0.05, 0) is 46.7 Å². The lowest BCUT2D eigenvalue weighted by Crippen LogP contribution is -2.54. The van der Waals surface area contributed by atoms with Crippen molar-refractivity contribution in [3.63, 3.8) is 0 Å². The lowest BCUT2D eigenvalue weighted by atomic mass is 9.90. The fourth-order valence-corrected chi connectivity index (χ4v) is 2.62. The first kappa shape index (κ1) is 22.4. The molecule has 148 valence electrons. The molecule has 1 aliphatic rings. The molecule has 0 bridgehead atoms. The highest BCUT2D eigenvalue weighted by Crippen LogP contribution is 2.30. The van der Waals surface area contributed by atoms with Gasteiger partial charge in [-0.25, -0.2) is 4.39 Å². The first-order valence-electron chi connectivity index (χ1n) is 9.27. The lowest BCUT2D eigenvalue weighted by molar-refractivity contribution is -0.150. The fraction of sp³-hybridized carbons (Fsp3) is 0.800. The minimum absolute atomic E-state index is 0.0193. The van der Waals surface area contributed by atoms with Crippen LogP contribution in [0.2, 0.25) is 0 Å². The zero-order valence-corrected chi connectivity index (χ0v) is 17.5. The second kappa shape index (κ2) is 8.39. The largest absolute Gasteiger partial charge is 0.340 e. The molecule has 1 aliphatic heterocycles. The molecule has 1 rings (SSSR count).